The van der Waals surface area contributed by atoms with Gasteiger partial charge in [0.25, 0.3) is 11.8 Å². The minimum Gasteiger partial charge on any atom is -0.486 e. The number of aromatic nitrogens is 2. The van der Waals surface area contributed by atoms with Gasteiger partial charge in [0.1, 0.15) is 6.10 Å². The first-order valence-electron chi connectivity index (χ1n) is 12.4. The Morgan fingerprint density at radius 1 is 1.16 bits per heavy atom. The number of carbonyl (C=O) groups excluding carboxylic acids is 2. The third kappa shape index (κ3) is 6.31. The Morgan fingerprint density at radius 3 is 2.51 bits per heavy atom. The number of amides is 2. The van der Waals surface area contributed by atoms with E-state index < -0.39 is 0 Å². The molecule has 0 spiro atoms. The molecule has 0 unspecified atom stereocenters. The zero-order chi connectivity index (χ0) is 26.4. The predicted molar refractivity (Wildman–Crippen MR) is 140 cm³/mol. The Morgan fingerprint density at radius 2 is 1.84 bits per heavy atom. The normalized spacial score (nSPS) is 18.4. The third-order valence-electron chi connectivity index (χ3n) is 6.58. The van der Waals surface area contributed by atoms with Gasteiger partial charge in [0.2, 0.25) is 0 Å². The van der Waals surface area contributed by atoms with Gasteiger partial charge >= 0.3 is 0 Å². The molecule has 194 valence electrons. The third-order valence-corrected chi connectivity index (χ3v) is 6.58. The molecule has 37 heavy (non-hydrogen) atoms. The van der Waals surface area contributed by atoms with E-state index in [-0.39, 0.29) is 36.5 Å². The summed E-state index contributed by atoms with van der Waals surface area (Å²) in [6.07, 6.45) is 6.35. The number of hydrogen-bond donors (Lipinski definition) is 2. The fraction of sp³-hybridized carbons (Fsp3) is 0.357. The van der Waals surface area contributed by atoms with Gasteiger partial charge in [-0.2, -0.15) is 0 Å². The monoisotopic (exact) mass is 503 g/mol. The van der Waals surface area contributed by atoms with Gasteiger partial charge in [0, 0.05) is 55.9 Å². The molecule has 3 atom stereocenters. The van der Waals surface area contributed by atoms with Crippen LogP contribution in [0, 0.1) is 5.92 Å². The first kappa shape index (κ1) is 26.2. The molecule has 3 heterocycles. The molecule has 1 aliphatic rings. The van der Waals surface area contributed by atoms with Gasteiger partial charge in [-0.1, -0.05) is 13.0 Å². The summed E-state index contributed by atoms with van der Waals surface area (Å²) in [6, 6.07) is 12.0. The van der Waals surface area contributed by atoms with Gasteiger partial charge in [0.05, 0.1) is 23.9 Å². The summed E-state index contributed by atoms with van der Waals surface area (Å²) in [5.41, 5.74) is 2.34. The lowest BCUT2D eigenvalue weighted by Gasteiger charge is -2.38. The number of likely N-dealkylation sites (N-methyl/N-ethyl adjacent to an activating group) is 1. The van der Waals surface area contributed by atoms with Crippen molar-refractivity contribution >= 4 is 17.5 Å². The summed E-state index contributed by atoms with van der Waals surface area (Å²) in [5.74, 6) is -0.283. The standard InChI is InChI=1S/C28H33N5O4/c1-19-15-33(20(2)18-34)28(36)23-5-4-6-24(31-27(35)22-9-13-30-14-10-22)26(23)37-25(19)17-32(3)16-21-7-11-29-12-8-21/h4-14,19-20,25,34H,15-18H2,1-3H3,(H,31,35)/t19-,20+,25-/m0/s1. The first-order valence-corrected chi connectivity index (χ1v) is 12.4. The van der Waals surface area contributed by atoms with Crippen molar-refractivity contribution < 1.29 is 19.4 Å². The summed E-state index contributed by atoms with van der Waals surface area (Å²) >= 11 is 0. The fourth-order valence-corrected chi connectivity index (χ4v) is 4.43. The summed E-state index contributed by atoms with van der Waals surface area (Å²) < 4.78 is 6.57. The van der Waals surface area contributed by atoms with E-state index in [1.165, 1.54) is 0 Å². The van der Waals surface area contributed by atoms with E-state index in [1.54, 1.807) is 60.0 Å². The van der Waals surface area contributed by atoms with Crippen LogP contribution < -0.4 is 10.1 Å². The predicted octanol–water partition coefficient (Wildman–Crippen LogP) is 3.08. The summed E-state index contributed by atoms with van der Waals surface area (Å²) in [7, 11) is 2.02. The van der Waals surface area contributed by atoms with E-state index >= 15 is 0 Å². The molecule has 4 rings (SSSR count). The fourth-order valence-electron chi connectivity index (χ4n) is 4.43. The SMILES string of the molecule is C[C@H](CO)N1C[C@H](C)[C@H](CN(C)Cc2ccncc2)Oc2c(NC(=O)c3ccncc3)cccc2C1=O. The van der Waals surface area contributed by atoms with Crippen LogP contribution in [0.3, 0.4) is 0 Å². The van der Waals surface area contributed by atoms with Gasteiger partial charge in [-0.3, -0.25) is 24.5 Å². The second kappa shape index (κ2) is 11.9. The number of ether oxygens (including phenoxy) is 1. The quantitative estimate of drug-likeness (QED) is 0.486. The number of nitrogens with one attached hydrogen (secondary N) is 1. The van der Waals surface area contributed by atoms with Gasteiger partial charge in [-0.25, -0.2) is 0 Å². The zero-order valence-electron chi connectivity index (χ0n) is 21.4. The molecule has 9 nitrogen and oxygen atoms in total. The molecule has 2 aromatic heterocycles. The number of carbonyl (C=O) groups is 2. The zero-order valence-corrected chi connectivity index (χ0v) is 21.4. The number of hydrogen-bond acceptors (Lipinski definition) is 7. The maximum atomic E-state index is 13.6. The number of fused-ring (bicyclic) bond motifs is 1. The van der Waals surface area contributed by atoms with Gasteiger partial charge in [-0.15, -0.1) is 0 Å². The van der Waals surface area contributed by atoms with Crippen molar-refractivity contribution in [2.24, 2.45) is 5.92 Å². The van der Waals surface area contributed by atoms with Crippen LogP contribution in [0.1, 0.15) is 40.1 Å². The molecule has 0 bridgehead atoms. The van der Waals surface area contributed by atoms with E-state index in [4.69, 9.17) is 4.74 Å². The van der Waals surface area contributed by atoms with E-state index in [9.17, 15) is 14.7 Å². The molecular weight excluding hydrogens is 470 g/mol. The van der Waals surface area contributed by atoms with Crippen LogP contribution in [0.5, 0.6) is 5.75 Å². The molecule has 3 aromatic rings. The van der Waals surface area contributed by atoms with E-state index in [1.807, 2.05) is 33.0 Å². The highest BCUT2D eigenvalue weighted by molar-refractivity contribution is 6.07. The Kier molecular flexibility index (Phi) is 8.47. The molecule has 0 saturated heterocycles. The van der Waals surface area contributed by atoms with Gasteiger partial charge in [0.15, 0.2) is 5.75 Å². The molecule has 2 N–H and O–H groups in total. The highest BCUT2D eigenvalue weighted by Gasteiger charge is 2.34. The van der Waals surface area contributed by atoms with Crippen LogP contribution in [-0.2, 0) is 6.54 Å². The van der Waals surface area contributed by atoms with Crippen molar-refractivity contribution in [3.05, 3.63) is 83.9 Å². The number of pyridine rings is 2. The lowest BCUT2D eigenvalue weighted by atomic mass is 9.98. The number of aliphatic hydroxyl groups is 1. The number of anilines is 1. The Balaban J connectivity index is 1.67. The van der Waals surface area contributed by atoms with E-state index in [0.29, 0.717) is 42.2 Å². The molecule has 1 aromatic carbocycles. The molecule has 0 fully saturated rings. The van der Waals surface area contributed by atoms with Crippen LogP contribution >= 0.6 is 0 Å². The average Bonchev–Trinajstić information content (AvgIpc) is 2.91. The Labute approximate surface area is 217 Å². The maximum absolute atomic E-state index is 13.6. The van der Waals surface area contributed by atoms with Crippen LogP contribution in [0.15, 0.2) is 67.3 Å². The second-order valence-electron chi connectivity index (χ2n) is 9.55. The van der Waals surface area contributed by atoms with Crippen LogP contribution in [0.4, 0.5) is 5.69 Å². The molecule has 0 radical (unpaired) electrons. The minimum absolute atomic E-state index is 0.0463. The summed E-state index contributed by atoms with van der Waals surface area (Å²) in [5, 5.41) is 12.8. The second-order valence-corrected chi connectivity index (χ2v) is 9.55. The molecule has 0 aliphatic carbocycles. The Hall–Kier alpha value is -3.82. The van der Waals surface area contributed by atoms with E-state index in [2.05, 4.69) is 20.2 Å². The van der Waals surface area contributed by atoms with Crippen LogP contribution in [-0.4, -0.2) is 75.6 Å². The molecule has 1 aliphatic heterocycles. The minimum atomic E-state index is -0.369. The lowest BCUT2D eigenvalue weighted by Crippen LogP contribution is -2.49. The highest BCUT2D eigenvalue weighted by Crippen LogP contribution is 2.35. The largest absolute Gasteiger partial charge is 0.486 e. The van der Waals surface area contributed by atoms with Crippen molar-refractivity contribution in [3.8, 4) is 5.75 Å². The molecule has 2 amide bonds. The van der Waals surface area contributed by atoms with Crippen molar-refractivity contribution in [2.45, 2.75) is 32.5 Å². The van der Waals surface area contributed by atoms with Gasteiger partial charge < -0.3 is 20.1 Å². The summed E-state index contributed by atoms with van der Waals surface area (Å²) in [4.78, 5) is 38.5. The number of nitrogens with zero attached hydrogens (tertiary/aromatic N) is 4. The van der Waals surface area contributed by atoms with Crippen LogP contribution in [0.2, 0.25) is 0 Å². The number of rotatable bonds is 8. The van der Waals surface area contributed by atoms with Crippen molar-refractivity contribution in [2.75, 3.05) is 32.1 Å². The average molecular weight is 504 g/mol. The van der Waals surface area contributed by atoms with E-state index in [0.717, 1.165) is 5.56 Å². The topological polar surface area (TPSA) is 108 Å². The number of aliphatic hydroxyl groups excluding tert-OH is 1. The number of para-hydroxylation sites is 1. The number of benzene rings is 1. The highest BCUT2D eigenvalue weighted by atomic mass is 16.5. The molecule has 9 heteroatoms. The molecule has 0 saturated carbocycles. The van der Waals surface area contributed by atoms with Crippen molar-refractivity contribution in [1.29, 1.82) is 0 Å². The lowest BCUT2D eigenvalue weighted by molar-refractivity contribution is 0.0343. The smallest absolute Gasteiger partial charge is 0.258 e. The first-order chi connectivity index (χ1) is 17.9. The van der Waals surface area contributed by atoms with Crippen molar-refractivity contribution in [3.63, 3.8) is 0 Å². The maximum Gasteiger partial charge on any atom is 0.258 e. The molecular formula is C28H33N5O4. The summed E-state index contributed by atoms with van der Waals surface area (Å²) in [6.45, 7) is 5.44. The van der Waals surface area contributed by atoms with Gasteiger partial charge in [-0.05, 0) is 55.9 Å². The van der Waals surface area contributed by atoms with Crippen LogP contribution in [0.25, 0.3) is 0 Å². The van der Waals surface area contributed by atoms with Crippen molar-refractivity contribution in [1.82, 2.24) is 19.8 Å². The Bertz CT molecular complexity index is 1210.